The molecule has 0 atom stereocenters. The maximum absolute atomic E-state index is 8.68. The Kier molecular flexibility index (Phi) is 4.76. The van der Waals surface area contributed by atoms with Crippen molar-refractivity contribution in [1.82, 2.24) is 9.97 Å². The van der Waals surface area contributed by atoms with Gasteiger partial charge in [-0.15, -0.1) is 0 Å². The summed E-state index contributed by atoms with van der Waals surface area (Å²) in [5.74, 6) is 1.39. The van der Waals surface area contributed by atoms with E-state index < -0.39 is 0 Å². The van der Waals surface area contributed by atoms with Crippen molar-refractivity contribution in [3.8, 4) is 0 Å². The van der Waals surface area contributed by atoms with Crippen LogP contribution in [0, 0.1) is 0 Å². The molecule has 0 spiro atoms. The molecule has 90 valence electrons. The molecule has 1 heterocycles. The minimum Gasteiger partial charge on any atom is -0.396 e. The van der Waals surface area contributed by atoms with Crippen LogP contribution in [0.4, 0.5) is 11.5 Å². The van der Waals surface area contributed by atoms with Gasteiger partial charge in [0.1, 0.15) is 11.5 Å². The Morgan fingerprint density at radius 1 is 1.44 bits per heavy atom. The Hall–Kier alpha value is -1.07. The Balaban J connectivity index is 2.88. The van der Waals surface area contributed by atoms with Crippen LogP contribution in [0.2, 0.25) is 5.15 Å². The maximum atomic E-state index is 8.68. The lowest BCUT2D eigenvalue weighted by Gasteiger charge is -2.12. The summed E-state index contributed by atoms with van der Waals surface area (Å²) in [6, 6.07) is 0. The second kappa shape index (κ2) is 5.86. The second-order valence-corrected chi connectivity index (χ2v) is 4.15. The van der Waals surface area contributed by atoms with Crippen molar-refractivity contribution in [3.05, 3.63) is 11.0 Å². The topological polar surface area (TPSA) is 84.1 Å². The van der Waals surface area contributed by atoms with Crippen molar-refractivity contribution < 1.29 is 5.11 Å². The third-order valence-corrected chi connectivity index (χ3v) is 2.35. The predicted octanol–water partition coefficient (Wildman–Crippen LogP) is 1.63. The highest BCUT2D eigenvalue weighted by molar-refractivity contribution is 6.32. The van der Waals surface area contributed by atoms with Gasteiger partial charge in [0.15, 0.2) is 11.0 Å². The molecule has 0 unspecified atom stereocenters. The lowest BCUT2D eigenvalue weighted by Crippen LogP contribution is -2.11. The van der Waals surface area contributed by atoms with Crippen LogP contribution < -0.4 is 11.1 Å². The molecule has 1 rings (SSSR count). The van der Waals surface area contributed by atoms with Gasteiger partial charge in [-0.3, -0.25) is 0 Å². The summed E-state index contributed by atoms with van der Waals surface area (Å²) >= 11 is 5.91. The number of halogens is 1. The van der Waals surface area contributed by atoms with Crippen LogP contribution in [0.15, 0.2) is 0 Å². The van der Waals surface area contributed by atoms with Gasteiger partial charge in [0.05, 0.1) is 0 Å². The van der Waals surface area contributed by atoms with Crippen LogP contribution >= 0.6 is 11.6 Å². The first-order chi connectivity index (χ1) is 7.56. The Labute approximate surface area is 100 Å². The monoisotopic (exact) mass is 244 g/mol. The van der Waals surface area contributed by atoms with Gasteiger partial charge < -0.3 is 16.2 Å². The van der Waals surface area contributed by atoms with E-state index >= 15 is 0 Å². The summed E-state index contributed by atoms with van der Waals surface area (Å²) < 4.78 is 0. The summed E-state index contributed by atoms with van der Waals surface area (Å²) in [6.45, 7) is 4.70. The van der Waals surface area contributed by atoms with E-state index in [1.807, 2.05) is 13.8 Å². The number of nitrogens with two attached hydrogens (primary N) is 1. The molecule has 0 saturated carbocycles. The number of aliphatic hydroxyl groups excluding tert-OH is 1. The van der Waals surface area contributed by atoms with E-state index in [9.17, 15) is 0 Å². The van der Waals surface area contributed by atoms with Gasteiger partial charge in [-0.2, -0.15) is 0 Å². The highest BCUT2D eigenvalue weighted by Gasteiger charge is 2.11. The fourth-order valence-electron chi connectivity index (χ4n) is 1.14. The minimum atomic E-state index is 0.128. The van der Waals surface area contributed by atoms with Gasteiger partial charge in [0, 0.05) is 19.1 Å². The quantitative estimate of drug-likeness (QED) is 0.542. The number of hydrogen-bond donors (Lipinski definition) is 3. The molecule has 0 aliphatic rings. The molecule has 0 aliphatic carbocycles. The van der Waals surface area contributed by atoms with Gasteiger partial charge in [-0.25, -0.2) is 9.97 Å². The van der Waals surface area contributed by atoms with E-state index in [1.54, 1.807) is 0 Å². The zero-order valence-electron chi connectivity index (χ0n) is 9.50. The van der Waals surface area contributed by atoms with Gasteiger partial charge >= 0.3 is 0 Å². The zero-order chi connectivity index (χ0) is 12.1. The normalized spacial score (nSPS) is 10.8. The van der Waals surface area contributed by atoms with Crippen LogP contribution in [0.5, 0.6) is 0 Å². The highest BCUT2D eigenvalue weighted by Crippen LogP contribution is 2.25. The molecule has 0 bridgehead atoms. The van der Waals surface area contributed by atoms with Crippen molar-refractivity contribution in [1.29, 1.82) is 0 Å². The van der Waals surface area contributed by atoms with Crippen LogP contribution in [-0.4, -0.2) is 28.2 Å². The predicted molar refractivity (Wildman–Crippen MR) is 65.7 cm³/mol. The Bertz CT molecular complexity index is 357. The van der Waals surface area contributed by atoms with Crippen LogP contribution in [0.25, 0.3) is 0 Å². The summed E-state index contributed by atoms with van der Waals surface area (Å²) in [4.78, 5) is 8.39. The highest BCUT2D eigenvalue weighted by atomic mass is 35.5. The van der Waals surface area contributed by atoms with Gasteiger partial charge in [0.2, 0.25) is 0 Å². The van der Waals surface area contributed by atoms with Gasteiger partial charge in [-0.05, 0) is 6.42 Å². The van der Waals surface area contributed by atoms with Crippen molar-refractivity contribution in [2.24, 2.45) is 0 Å². The lowest BCUT2D eigenvalue weighted by atomic mass is 10.2. The first-order valence-corrected chi connectivity index (χ1v) is 5.61. The van der Waals surface area contributed by atoms with Crippen molar-refractivity contribution >= 4 is 23.1 Å². The molecule has 0 fully saturated rings. The number of nitrogens with one attached hydrogen (secondary N) is 1. The number of aromatic nitrogens is 2. The number of nitrogen functional groups attached to an aromatic ring is 1. The standard InChI is InChI=1S/C10H17ClN4O/c1-6(2)9-14-8(11)7(12)10(15-9)13-4-3-5-16/h6,16H,3-5,12H2,1-2H3,(H,13,14,15). The number of nitrogens with zero attached hydrogens (tertiary/aromatic N) is 2. The van der Waals surface area contributed by atoms with Gasteiger partial charge in [0.25, 0.3) is 0 Å². The number of aliphatic hydroxyl groups is 1. The fourth-order valence-corrected chi connectivity index (χ4v) is 1.31. The average molecular weight is 245 g/mol. The molecule has 5 nitrogen and oxygen atoms in total. The first kappa shape index (κ1) is 13.0. The maximum Gasteiger partial charge on any atom is 0.157 e. The zero-order valence-corrected chi connectivity index (χ0v) is 10.3. The molecule has 16 heavy (non-hydrogen) atoms. The summed E-state index contributed by atoms with van der Waals surface area (Å²) in [7, 11) is 0. The Morgan fingerprint density at radius 3 is 2.69 bits per heavy atom. The molecule has 1 aromatic rings. The van der Waals surface area contributed by atoms with E-state index in [0.29, 0.717) is 30.3 Å². The lowest BCUT2D eigenvalue weighted by molar-refractivity contribution is 0.292. The minimum absolute atomic E-state index is 0.128. The van der Waals surface area contributed by atoms with E-state index in [0.717, 1.165) is 0 Å². The first-order valence-electron chi connectivity index (χ1n) is 5.24. The Morgan fingerprint density at radius 2 is 2.12 bits per heavy atom. The number of rotatable bonds is 5. The largest absolute Gasteiger partial charge is 0.396 e. The van der Waals surface area contributed by atoms with Crippen molar-refractivity contribution in [3.63, 3.8) is 0 Å². The van der Waals surface area contributed by atoms with Crippen LogP contribution in [0.1, 0.15) is 32.0 Å². The third-order valence-electron chi connectivity index (χ3n) is 2.06. The van der Waals surface area contributed by atoms with Crippen LogP contribution in [-0.2, 0) is 0 Å². The molecule has 0 saturated heterocycles. The van der Waals surface area contributed by atoms with Gasteiger partial charge in [-0.1, -0.05) is 25.4 Å². The average Bonchev–Trinajstić information content (AvgIpc) is 2.24. The van der Waals surface area contributed by atoms with E-state index in [4.69, 9.17) is 22.4 Å². The van der Waals surface area contributed by atoms with Crippen LogP contribution in [0.3, 0.4) is 0 Å². The van der Waals surface area contributed by atoms with E-state index in [2.05, 4.69) is 15.3 Å². The molecule has 4 N–H and O–H groups in total. The number of hydrogen-bond acceptors (Lipinski definition) is 5. The molecule has 0 aromatic carbocycles. The summed E-state index contributed by atoms with van der Waals surface area (Å²) in [6.07, 6.45) is 0.637. The fraction of sp³-hybridized carbons (Fsp3) is 0.600. The summed E-state index contributed by atoms with van der Waals surface area (Å²) in [5, 5.41) is 12.0. The third kappa shape index (κ3) is 3.21. The summed E-state index contributed by atoms with van der Waals surface area (Å²) in [5.41, 5.74) is 6.10. The molecule has 0 aliphatic heterocycles. The molecule has 1 aromatic heterocycles. The van der Waals surface area contributed by atoms with Crippen molar-refractivity contribution in [2.45, 2.75) is 26.2 Å². The van der Waals surface area contributed by atoms with E-state index in [1.165, 1.54) is 0 Å². The second-order valence-electron chi connectivity index (χ2n) is 3.79. The molecular weight excluding hydrogens is 228 g/mol. The smallest absolute Gasteiger partial charge is 0.157 e. The van der Waals surface area contributed by atoms with E-state index in [-0.39, 0.29) is 17.7 Å². The van der Waals surface area contributed by atoms with Crippen molar-refractivity contribution in [2.75, 3.05) is 24.2 Å². The molecule has 6 heteroatoms. The molecule has 0 amide bonds. The molecular formula is C10H17ClN4O. The number of anilines is 2. The SMILES string of the molecule is CC(C)c1nc(Cl)c(N)c(NCCCO)n1. The molecule has 0 radical (unpaired) electrons.